The van der Waals surface area contributed by atoms with Gasteiger partial charge < -0.3 is 0 Å². The second-order valence-electron chi connectivity index (χ2n) is 8.38. The van der Waals surface area contributed by atoms with Crippen LogP contribution in [-0.4, -0.2) is 17.7 Å². The van der Waals surface area contributed by atoms with Gasteiger partial charge in [0.2, 0.25) is 0 Å². The number of halogens is 1. The first kappa shape index (κ1) is 14.6. The molecule has 0 amide bonds. The van der Waals surface area contributed by atoms with Gasteiger partial charge in [0, 0.05) is 17.8 Å². The summed E-state index contributed by atoms with van der Waals surface area (Å²) in [6, 6.07) is 0. The first-order valence-corrected chi connectivity index (χ1v) is 8.81. The van der Waals surface area contributed by atoms with Crippen molar-refractivity contribution in [2.75, 3.05) is 0 Å². The number of hydrogen-bond acceptors (Lipinski definition) is 2. The number of carbonyl (C=O) groups excluding carboxylic acids is 2. The summed E-state index contributed by atoms with van der Waals surface area (Å²) in [5.74, 6) is 0.590. The fourth-order valence-electron chi connectivity index (χ4n) is 6.19. The Morgan fingerprint density at radius 1 is 1.09 bits per heavy atom. The van der Waals surface area contributed by atoms with Crippen LogP contribution in [0.4, 0.5) is 4.39 Å². The zero-order valence-corrected chi connectivity index (χ0v) is 13.5. The molecule has 0 aromatic carbocycles. The van der Waals surface area contributed by atoms with E-state index in [4.69, 9.17) is 0 Å². The maximum atomic E-state index is 14.4. The third kappa shape index (κ3) is 1.60. The van der Waals surface area contributed by atoms with Gasteiger partial charge in [0.25, 0.3) is 0 Å². The fourth-order valence-corrected chi connectivity index (χ4v) is 6.19. The second-order valence-corrected chi connectivity index (χ2v) is 8.38. The first-order valence-electron chi connectivity index (χ1n) is 8.81. The standard InChI is InChI=1S/C19H25FO2/c1-18-9-8-13-17(12(18)6-7-15(18)20)14(21)10-11-4-3-5-16(22)19(11,13)2/h10,12-13,15,17H,3-9H2,1-2H3/t12-,13+,15?,17-,18-,19-/m0/s1. The van der Waals surface area contributed by atoms with Crippen LogP contribution < -0.4 is 0 Å². The number of carbonyl (C=O) groups is 2. The third-order valence-electron chi connectivity index (χ3n) is 7.64. The van der Waals surface area contributed by atoms with Gasteiger partial charge in [-0.25, -0.2) is 4.39 Å². The van der Waals surface area contributed by atoms with Crippen molar-refractivity contribution in [2.24, 2.45) is 28.6 Å². The van der Waals surface area contributed by atoms with Gasteiger partial charge in [-0.05, 0) is 63.4 Å². The van der Waals surface area contributed by atoms with E-state index in [1.807, 2.05) is 6.92 Å². The lowest BCUT2D eigenvalue weighted by molar-refractivity contribution is -0.143. The minimum absolute atomic E-state index is 0.108. The van der Waals surface area contributed by atoms with Gasteiger partial charge in [0.1, 0.15) is 12.0 Å². The summed E-state index contributed by atoms with van der Waals surface area (Å²) in [5, 5.41) is 0. The summed E-state index contributed by atoms with van der Waals surface area (Å²) in [6.45, 7) is 4.10. The summed E-state index contributed by atoms with van der Waals surface area (Å²) in [6.07, 6.45) is 6.41. The van der Waals surface area contributed by atoms with Crippen LogP contribution in [-0.2, 0) is 9.59 Å². The van der Waals surface area contributed by atoms with Crippen LogP contribution in [0.15, 0.2) is 11.6 Å². The quantitative estimate of drug-likeness (QED) is 0.677. The molecule has 6 atom stereocenters. The fraction of sp³-hybridized carbons (Fsp3) is 0.789. The molecule has 0 radical (unpaired) electrons. The molecular weight excluding hydrogens is 279 g/mol. The molecule has 3 saturated carbocycles. The van der Waals surface area contributed by atoms with Crippen molar-refractivity contribution in [1.82, 2.24) is 0 Å². The third-order valence-corrected chi connectivity index (χ3v) is 7.64. The van der Waals surface area contributed by atoms with Crippen LogP contribution in [0.2, 0.25) is 0 Å². The van der Waals surface area contributed by atoms with E-state index in [-0.39, 0.29) is 29.0 Å². The van der Waals surface area contributed by atoms with Crippen molar-refractivity contribution < 1.29 is 14.0 Å². The highest BCUT2D eigenvalue weighted by molar-refractivity contribution is 6.00. The topological polar surface area (TPSA) is 34.1 Å². The SMILES string of the molecule is C[C@]12C(=O)CCCC1=CC(=O)[C@@H]1[C@H]2CC[C@]2(C)C(F)CC[C@@H]12. The highest BCUT2D eigenvalue weighted by Crippen LogP contribution is 2.63. The molecule has 2 nitrogen and oxygen atoms in total. The molecular formula is C19H25FO2. The van der Waals surface area contributed by atoms with E-state index in [0.717, 1.165) is 37.7 Å². The lowest BCUT2D eigenvalue weighted by Gasteiger charge is -2.55. The molecule has 4 aliphatic carbocycles. The minimum atomic E-state index is -0.786. The molecule has 0 saturated heterocycles. The van der Waals surface area contributed by atoms with Gasteiger partial charge in [0.15, 0.2) is 5.78 Å². The van der Waals surface area contributed by atoms with Gasteiger partial charge in [-0.3, -0.25) is 9.59 Å². The van der Waals surface area contributed by atoms with Crippen molar-refractivity contribution in [1.29, 1.82) is 0 Å². The highest BCUT2D eigenvalue weighted by atomic mass is 19.1. The van der Waals surface area contributed by atoms with Crippen molar-refractivity contribution >= 4 is 11.6 Å². The van der Waals surface area contributed by atoms with E-state index in [1.165, 1.54) is 0 Å². The molecule has 0 heterocycles. The summed E-state index contributed by atoms with van der Waals surface area (Å²) in [5.41, 5.74) is 0.261. The average Bonchev–Trinajstić information content (AvgIpc) is 2.78. The molecule has 22 heavy (non-hydrogen) atoms. The summed E-state index contributed by atoms with van der Waals surface area (Å²) in [4.78, 5) is 25.5. The summed E-state index contributed by atoms with van der Waals surface area (Å²) < 4.78 is 14.4. The summed E-state index contributed by atoms with van der Waals surface area (Å²) in [7, 11) is 0. The predicted molar refractivity (Wildman–Crippen MR) is 82.0 cm³/mol. The zero-order chi connectivity index (χ0) is 15.7. The minimum Gasteiger partial charge on any atom is -0.299 e. The zero-order valence-electron chi connectivity index (χ0n) is 13.5. The first-order chi connectivity index (χ1) is 10.4. The normalized spacial score (nSPS) is 51.0. The van der Waals surface area contributed by atoms with Crippen molar-refractivity contribution in [3.63, 3.8) is 0 Å². The number of fused-ring (bicyclic) bond motifs is 5. The largest absolute Gasteiger partial charge is 0.299 e. The van der Waals surface area contributed by atoms with Crippen LogP contribution in [0.3, 0.4) is 0 Å². The number of rotatable bonds is 0. The van der Waals surface area contributed by atoms with E-state index in [9.17, 15) is 14.0 Å². The molecule has 120 valence electrons. The van der Waals surface area contributed by atoms with Gasteiger partial charge >= 0.3 is 0 Å². The second kappa shape index (κ2) is 4.52. The Kier molecular flexibility index (Phi) is 3.00. The van der Waals surface area contributed by atoms with E-state index in [2.05, 4.69) is 6.92 Å². The Bertz CT molecular complexity index is 580. The Balaban J connectivity index is 1.80. The monoisotopic (exact) mass is 304 g/mol. The molecule has 1 unspecified atom stereocenters. The van der Waals surface area contributed by atoms with Crippen LogP contribution in [0.1, 0.15) is 58.8 Å². The smallest absolute Gasteiger partial charge is 0.159 e. The Hall–Kier alpha value is -0.990. The molecule has 0 spiro atoms. The van der Waals surface area contributed by atoms with Crippen LogP contribution >= 0.6 is 0 Å². The number of Topliss-reactive ketones (excluding diaryl/α,β-unsaturated/α-hetero) is 1. The average molecular weight is 304 g/mol. The molecule has 3 heteroatoms. The number of ketones is 2. The van der Waals surface area contributed by atoms with Gasteiger partial charge in [-0.15, -0.1) is 0 Å². The lowest BCUT2D eigenvalue weighted by Crippen LogP contribution is -2.55. The Morgan fingerprint density at radius 2 is 1.86 bits per heavy atom. The van der Waals surface area contributed by atoms with Gasteiger partial charge in [-0.2, -0.15) is 0 Å². The molecule has 4 aliphatic rings. The van der Waals surface area contributed by atoms with E-state index < -0.39 is 11.6 Å². The highest BCUT2D eigenvalue weighted by Gasteiger charge is 2.62. The summed E-state index contributed by atoms with van der Waals surface area (Å²) >= 11 is 0. The Labute approximate surface area is 131 Å². The van der Waals surface area contributed by atoms with Crippen molar-refractivity contribution in [3.05, 3.63) is 11.6 Å². The molecule has 0 aromatic rings. The molecule has 0 N–H and O–H groups in total. The number of alkyl halides is 1. The van der Waals surface area contributed by atoms with Crippen LogP contribution in [0.5, 0.6) is 0 Å². The number of hydrogen-bond donors (Lipinski definition) is 0. The molecule has 4 rings (SSSR count). The molecule has 0 bridgehead atoms. The maximum Gasteiger partial charge on any atom is 0.159 e. The van der Waals surface area contributed by atoms with E-state index in [1.54, 1.807) is 6.08 Å². The molecule has 0 aliphatic heterocycles. The molecule has 0 aromatic heterocycles. The maximum absolute atomic E-state index is 14.4. The predicted octanol–water partition coefficient (Wildman–Crippen LogP) is 4.04. The lowest BCUT2D eigenvalue weighted by atomic mass is 9.47. The number of allylic oxidation sites excluding steroid dienone is 2. The van der Waals surface area contributed by atoms with Crippen LogP contribution in [0.25, 0.3) is 0 Å². The molecule has 3 fully saturated rings. The van der Waals surface area contributed by atoms with E-state index >= 15 is 0 Å². The van der Waals surface area contributed by atoms with Gasteiger partial charge in [0.05, 0.1) is 5.41 Å². The Morgan fingerprint density at radius 3 is 2.64 bits per heavy atom. The van der Waals surface area contributed by atoms with E-state index in [0.29, 0.717) is 18.6 Å². The van der Waals surface area contributed by atoms with Gasteiger partial charge in [-0.1, -0.05) is 12.5 Å². The van der Waals surface area contributed by atoms with Crippen molar-refractivity contribution in [3.8, 4) is 0 Å². The van der Waals surface area contributed by atoms with Crippen LogP contribution in [0, 0.1) is 28.6 Å². The van der Waals surface area contributed by atoms with Crippen molar-refractivity contribution in [2.45, 2.75) is 65.0 Å².